The first-order chi connectivity index (χ1) is 12.8. The van der Waals surface area contributed by atoms with Crippen LogP contribution < -0.4 is 15.4 Å². The minimum absolute atomic E-state index is 0.0117. The van der Waals surface area contributed by atoms with Gasteiger partial charge in [0.05, 0.1) is 5.75 Å². The molecule has 0 aromatic heterocycles. The molecule has 0 aliphatic heterocycles. The molecule has 0 fully saturated rings. The highest BCUT2D eigenvalue weighted by atomic mass is 32.2. The zero-order chi connectivity index (χ0) is 19.8. The predicted octanol–water partition coefficient (Wildman–Crippen LogP) is 3.30. The lowest BCUT2D eigenvalue weighted by atomic mass is 10.2. The van der Waals surface area contributed by atoms with E-state index in [9.17, 15) is 23.2 Å². The summed E-state index contributed by atoms with van der Waals surface area (Å²) < 4.78 is 28.4. The van der Waals surface area contributed by atoms with Gasteiger partial charge in [-0.2, -0.15) is 8.78 Å². The third-order valence-electron chi connectivity index (χ3n) is 3.14. The van der Waals surface area contributed by atoms with Crippen molar-refractivity contribution in [2.45, 2.75) is 18.4 Å². The number of amides is 3. The van der Waals surface area contributed by atoms with E-state index in [1.54, 1.807) is 24.3 Å². The maximum Gasteiger partial charge on any atom is 0.387 e. The van der Waals surface area contributed by atoms with Crippen LogP contribution in [-0.4, -0.2) is 30.1 Å². The summed E-state index contributed by atoms with van der Waals surface area (Å²) in [5, 5.41) is 4.85. The lowest BCUT2D eigenvalue weighted by molar-refractivity contribution is -0.117. The first-order valence-electron chi connectivity index (χ1n) is 7.73. The summed E-state index contributed by atoms with van der Waals surface area (Å²) >= 11 is 1.22. The minimum Gasteiger partial charge on any atom is -0.435 e. The first kappa shape index (κ1) is 20.4. The largest absolute Gasteiger partial charge is 0.435 e. The van der Waals surface area contributed by atoms with Gasteiger partial charge >= 0.3 is 6.61 Å². The summed E-state index contributed by atoms with van der Waals surface area (Å²) in [6.07, 6.45) is 0. The van der Waals surface area contributed by atoms with Crippen LogP contribution >= 0.6 is 11.8 Å². The number of nitrogens with one attached hydrogen (secondary N) is 2. The first-order valence-corrected chi connectivity index (χ1v) is 8.71. The van der Waals surface area contributed by atoms with Gasteiger partial charge in [-0.05, 0) is 48.5 Å². The van der Waals surface area contributed by atoms with Crippen molar-refractivity contribution in [3.8, 4) is 5.75 Å². The highest BCUT2D eigenvalue weighted by Gasteiger charge is 2.12. The molecule has 0 saturated carbocycles. The number of halogens is 2. The minimum atomic E-state index is -2.95. The summed E-state index contributed by atoms with van der Waals surface area (Å²) in [4.78, 5) is 35.6. The molecule has 0 atom stereocenters. The summed E-state index contributed by atoms with van der Waals surface area (Å²) in [6.45, 7) is -1.54. The van der Waals surface area contributed by atoms with Crippen LogP contribution in [0, 0.1) is 0 Å². The number of rotatable bonds is 7. The van der Waals surface area contributed by atoms with Crippen molar-refractivity contribution in [3.63, 3.8) is 0 Å². The van der Waals surface area contributed by atoms with E-state index in [0.717, 1.165) is 4.90 Å². The molecule has 27 heavy (non-hydrogen) atoms. The van der Waals surface area contributed by atoms with Crippen LogP contribution in [0.5, 0.6) is 5.75 Å². The molecule has 0 heterocycles. The van der Waals surface area contributed by atoms with E-state index in [1.807, 2.05) is 0 Å². The number of anilines is 1. The average Bonchev–Trinajstić information content (AvgIpc) is 2.60. The third kappa shape index (κ3) is 7.06. The second-order valence-corrected chi connectivity index (χ2v) is 6.32. The van der Waals surface area contributed by atoms with Gasteiger partial charge in [0, 0.05) is 23.1 Å². The van der Waals surface area contributed by atoms with Gasteiger partial charge in [0.25, 0.3) is 5.91 Å². The summed E-state index contributed by atoms with van der Waals surface area (Å²) in [5.74, 6) is -1.38. The highest BCUT2D eigenvalue weighted by Crippen LogP contribution is 2.20. The monoisotopic (exact) mass is 394 g/mol. The van der Waals surface area contributed by atoms with E-state index < -0.39 is 18.4 Å². The number of benzene rings is 2. The topological polar surface area (TPSA) is 84.5 Å². The van der Waals surface area contributed by atoms with Crippen molar-refractivity contribution in [2.24, 2.45) is 0 Å². The summed E-state index contributed by atoms with van der Waals surface area (Å²) in [6, 6.07) is 11.9. The standard InChI is InChI=1S/C18H16F2N2O4S/c1-11(23)21-13-4-8-15(9-5-13)27-10-16(24)22-17(25)12-2-6-14(7-3-12)26-18(19)20/h2-9,18H,10H2,1H3,(H,21,23)(H,22,24,25). The molecule has 0 aliphatic carbocycles. The van der Waals surface area contributed by atoms with Crippen LogP contribution in [0.1, 0.15) is 17.3 Å². The van der Waals surface area contributed by atoms with Crippen LogP contribution in [0.15, 0.2) is 53.4 Å². The van der Waals surface area contributed by atoms with Crippen molar-refractivity contribution in [2.75, 3.05) is 11.1 Å². The smallest absolute Gasteiger partial charge is 0.387 e. The van der Waals surface area contributed by atoms with E-state index in [0.29, 0.717) is 5.69 Å². The Morgan fingerprint density at radius 1 is 1.04 bits per heavy atom. The molecule has 2 aromatic carbocycles. The molecule has 2 N–H and O–H groups in total. The molecular formula is C18H16F2N2O4S. The molecule has 2 rings (SSSR count). The summed E-state index contributed by atoms with van der Waals surface area (Å²) in [5.41, 5.74) is 0.792. The fourth-order valence-corrected chi connectivity index (χ4v) is 2.71. The maximum atomic E-state index is 12.1. The number of hydrogen-bond donors (Lipinski definition) is 2. The number of imide groups is 1. The molecule has 0 radical (unpaired) electrons. The van der Waals surface area contributed by atoms with Crippen LogP contribution in [-0.2, 0) is 9.59 Å². The molecule has 9 heteroatoms. The number of carbonyl (C=O) groups is 3. The van der Waals surface area contributed by atoms with Crippen LogP contribution in [0.4, 0.5) is 14.5 Å². The number of thioether (sulfide) groups is 1. The Hall–Kier alpha value is -2.94. The Bertz CT molecular complexity index is 811. The number of hydrogen-bond acceptors (Lipinski definition) is 5. The molecule has 0 saturated heterocycles. The molecule has 0 spiro atoms. The molecule has 142 valence electrons. The Balaban J connectivity index is 1.82. The van der Waals surface area contributed by atoms with Crippen molar-refractivity contribution in [1.29, 1.82) is 0 Å². The third-order valence-corrected chi connectivity index (χ3v) is 4.15. The van der Waals surface area contributed by atoms with Gasteiger partial charge in [0.1, 0.15) is 5.75 Å². The number of alkyl halides is 2. The SMILES string of the molecule is CC(=O)Nc1ccc(SCC(=O)NC(=O)c2ccc(OC(F)F)cc2)cc1. The number of carbonyl (C=O) groups excluding carboxylic acids is 3. The van der Waals surface area contributed by atoms with E-state index in [4.69, 9.17) is 0 Å². The van der Waals surface area contributed by atoms with Crippen LogP contribution in [0.3, 0.4) is 0 Å². The maximum absolute atomic E-state index is 12.1. The van der Waals surface area contributed by atoms with Crippen LogP contribution in [0.25, 0.3) is 0 Å². The van der Waals surface area contributed by atoms with E-state index in [1.165, 1.54) is 43.0 Å². The second-order valence-electron chi connectivity index (χ2n) is 5.27. The van der Waals surface area contributed by atoms with Gasteiger partial charge in [-0.3, -0.25) is 19.7 Å². The lowest BCUT2D eigenvalue weighted by Crippen LogP contribution is -2.31. The normalized spacial score (nSPS) is 10.4. The van der Waals surface area contributed by atoms with E-state index in [2.05, 4.69) is 15.4 Å². The average molecular weight is 394 g/mol. The second kappa shape index (κ2) is 9.67. The van der Waals surface area contributed by atoms with Gasteiger partial charge in [-0.15, -0.1) is 11.8 Å². The highest BCUT2D eigenvalue weighted by molar-refractivity contribution is 8.00. The molecular weight excluding hydrogens is 378 g/mol. The van der Waals surface area contributed by atoms with Crippen molar-refractivity contribution in [3.05, 3.63) is 54.1 Å². The molecule has 0 bridgehead atoms. The van der Waals surface area contributed by atoms with Crippen molar-refractivity contribution >= 4 is 35.2 Å². The summed E-state index contributed by atoms with van der Waals surface area (Å²) in [7, 11) is 0. The Morgan fingerprint density at radius 2 is 1.67 bits per heavy atom. The number of ether oxygens (including phenoxy) is 1. The van der Waals surface area contributed by atoms with Gasteiger partial charge in [-0.25, -0.2) is 0 Å². The molecule has 6 nitrogen and oxygen atoms in total. The van der Waals surface area contributed by atoms with Crippen molar-refractivity contribution in [1.82, 2.24) is 5.32 Å². The Kier molecular flexibility index (Phi) is 7.30. The Labute approximate surface area is 158 Å². The quantitative estimate of drug-likeness (QED) is 0.704. The zero-order valence-corrected chi connectivity index (χ0v) is 15.0. The predicted molar refractivity (Wildman–Crippen MR) is 97.0 cm³/mol. The fourth-order valence-electron chi connectivity index (χ4n) is 2.01. The lowest BCUT2D eigenvalue weighted by Gasteiger charge is -2.07. The van der Waals surface area contributed by atoms with E-state index in [-0.39, 0.29) is 23.0 Å². The molecule has 0 unspecified atom stereocenters. The van der Waals surface area contributed by atoms with Crippen molar-refractivity contribution < 1.29 is 27.9 Å². The van der Waals surface area contributed by atoms with Gasteiger partial charge in [-0.1, -0.05) is 0 Å². The molecule has 2 aromatic rings. The Morgan fingerprint density at radius 3 is 2.22 bits per heavy atom. The zero-order valence-electron chi connectivity index (χ0n) is 14.2. The molecule has 0 aliphatic rings. The van der Waals surface area contributed by atoms with Gasteiger partial charge in [0.15, 0.2) is 0 Å². The van der Waals surface area contributed by atoms with Crippen LogP contribution in [0.2, 0.25) is 0 Å². The van der Waals surface area contributed by atoms with Gasteiger partial charge < -0.3 is 10.1 Å². The van der Waals surface area contributed by atoms with Gasteiger partial charge in [0.2, 0.25) is 11.8 Å². The fraction of sp³-hybridized carbons (Fsp3) is 0.167. The molecule has 3 amide bonds. The van der Waals surface area contributed by atoms with E-state index >= 15 is 0 Å².